The van der Waals surface area contributed by atoms with E-state index >= 15 is 0 Å². The van der Waals surface area contributed by atoms with E-state index in [2.05, 4.69) is 10.5 Å². The summed E-state index contributed by atoms with van der Waals surface area (Å²) in [4.78, 5) is 12.3. The van der Waals surface area contributed by atoms with Crippen molar-refractivity contribution in [2.45, 2.75) is 0 Å². The molecule has 0 saturated heterocycles. The lowest BCUT2D eigenvalue weighted by Crippen LogP contribution is -2.19. The Kier molecular flexibility index (Phi) is 4.43. The monoisotopic (exact) mass is 319 g/mol. The maximum absolute atomic E-state index is 12.3. The third-order valence-electron chi connectivity index (χ3n) is 3.61. The number of aromatic nitrogens is 1. The average Bonchev–Trinajstić information content (AvgIpc) is 3.06. The van der Waals surface area contributed by atoms with E-state index in [0.29, 0.717) is 22.7 Å². The van der Waals surface area contributed by atoms with Crippen LogP contribution in [0.4, 0.5) is 0 Å². The summed E-state index contributed by atoms with van der Waals surface area (Å²) in [6.07, 6.45) is 1.62. The van der Waals surface area contributed by atoms with Crippen LogP contribution in [-0.2, 0) is 0 Å². The van der Waals surface area contributed by atoms with Crippen LogP contribution in [0.3, 0.4) is 0 Å². The molecular formula is C19H17N3O2. The number of hydrogen-bond acceptors (Lipinski definition) is 4. The number of amides is 1. The zero-order valence-corrected chi connectivity index (χ0v) is 13.2. The molecule has 1 amide bonds. The molecule has 0 aliphatic carbocycles. The van der Waals surface area contributed by atoms with Crippen LogP contribution in [0.15, 0.2) is 65.2 Å². The first-order chi connectivity index (χ1) is 11.7. The SMILES string of the molecule is CNC(=O)c1c(-c2ccccc2)noc1/C=C(/N)c1ccccc1. The van der Waals surface area contributed by atoms with Gasteiger partial charge in [0, 0.05) is 24.4 Å². The van der Waals surface area contributed by atoms with E-state index in [-0.39, 0.29) is 5.91 Å². The van der Waals surface area contributed by atoms with Crippen molar-refractivity contribution in [3.05, 3.63) is 77.6 Å². The van der Waals surface area contributed by atoms with Gasteiger partial charge in [-0.15, -0.1) is 0 Å². The molecule has 0 atom stereocenters. The third kappa shape index (κ3) is 3.05. The van der Waals surface area contributed by atoms with Crippen LogP contribution in [0.5, 0.6) is 0 Å². The molecule has 0 spiro atoms. The normalized spacial score (nSPS) is 11.3. The van der Waals surface area contributed by atoms with E-state index in [1.807, 2.05) is 60.7 Å². The van der Waals surface area contributed by atoms with Gasteiger partial charge >= 0.3 is 0 Å². The molecule has 120 valence electrons. The molecule has 24 heavy (non-hydrogen) atoms. The van der Waals surface area contributed by atoms with Crippen molar-refractivity contribution in [1.82, 2.24) is 10.5 Å². The van der Waals surface area contributed by atoms with Gasteiger partial charge in [-0.3, -0.25) is 4.79 Å². The number of nitrogens with two attached hydrogens (primary N) is 1. The number of nitrogens with zero attached hydrogens (tertiary/aromatic N) is 1. The highest BCUT2D eigenvalue weighted by atomic mass is 16.5. The number of carbonyl (C=O) groups excluding carboxylic acids is 1. The van der Waals surface area contributed by atoms with Gasteiger partial charge in [-0.2, -0.15) is 0 Å². The zero-order valence-electron chi connectivity index (χ0n) is 13.2. The molecule has 0 aliphatic rings. The van der Waals surface area contributed by atoms with E-state index in [4.69, 9.17) is 10.3 Å². The molecule has 3 rings (SSSR count). The van der Waals surface area contributed by atoms with E-state index in [0.717, 1.165) is 11.1 Å². The molecule has 1 heterocycles. The Morgan fingerprint density at radius 2 is 1.71 bits per heavy atom. The number of rotatable bonds is 4. The van der Waals surface area contributed by atoms with Crippen LogP contribution < -0.4 is 11.1 Å². The van der Waals surface area contributed by atoms with E-state index in [1.54, 1.807) is 13.1 Å². The number of carbonyl (C=O) groups is 1. The molecule has 0 fully saturated rings. The first kappa shape index (κ1) is 15.6. The summed E-state index contributed by atoms with van der Waals surface area (Å²) in [5.41, 5.74) is 9.12. The third-order valence-corrected chi connectivity index (χ3v) is 3.61. The van der Waals surface area contributed by atoms with Crippen LogP contribution in [0.25, 0.3) is 23.0 Å². The Labute approximate surface area is 139 Å². The minimum atomic E-state index is -0.276. The van der Waals surface area contributed by atoms with E-state index in [9.17, 15) is 4.79 Å². The van der Waals surface area contributed by atoms with Crippen LogP contribution in [0, 0.1) is 0 Å². The summed E-state index contributed by atoms with van der Waals surface area (Å²) in [5.74, 6) is 0.0526. The van der Waals surface area contributed by atoms with Crippen LogP contribution >= 0.6 is 0 Å². The Bertz CT molecular complexity index is 868. The lowest BCUT2D eigenvalue weighted by atomic mass is 10.0. The van der Waals surface area contributed by atoms with Crippen molar-refractivity contribution < 1.29 is 9.32 Å². The predicted octanol–water partition coefficient (Wildman–Crippen LogP) is 3.16. The molecule has 0 saturated carbocycles. The molecule has 2 aromatic carbocycles. The van der Waals surface area contributed by atoms with Gasteiger partial charge in [-0.25, -0.2) is 0 Å². The van der Waals surface area contributed by atoms with Gasteiger partial charge in [0.25, 0.3) is 5.91 Å². The van der Waals surface area contributed by atoms with Gasteiger partial charge in [0.15, 0.2) is 5.76 Å². The highest BCUT2D eigenvalue weighted by molar-refractivity contribution is 6.03. The minimum absolute atomic E-state index is 0.276. The van der Waals surface area contributed by atoms with Crippen molar-refractivity contribution in [1.29, 1.82) is 0 Å². The van der Waals surface area contributed by atoms with Crippen molar-refractivity contribution in [3.63, 3.8) is 0 Å². The largest absolute Gasteiger partial charge is 0.398 e. The summed E-state index contributed by atoms with van der Waals surface area (Å²) in [7, 11) is 1.57. The molecule has 0 radical (unpaired) electrons. The van der Waals surface area contributed by atoms with E-state index < -0.39 is 0 Å². The van der Waals surface area contributed by atoms with Crippen molar-refractivity contribution in [2.75, 3.05) is 7.05 Å². The number of benzene rings is 2. The Morgan fingerprint density at radius 3 is 2.33 bits per heavy atom. The summed E-state index contributed by atoms with van der Waals surface area (Å²) in [6.45, 7) is 0. The molecule has 5 heteroatoms. The number of hydrogen-bond donors (Lipinski definition) is 2. The Balaban J connectivity index is 2.09. The van der Waals surface area contributed by atoms with Gasteiger partial charge < -0.3 is 15.6 Å². The number of nitrogens with one attached hydrogen (secondary N) is 1. The minimum Gasteiger partial charge on any atom is -0.398 e. The first-order valence-electron chi connectivity index (χ1n) is 7.50. The van der Waals surface area contributed by atoms with Gasteiger partial charge in [-0.05, 0) is 5.56 Å². The second kappa shape index (κ2) is 6.83. The van der Waals surface area contributed by atoms with Gasteiger partial charge in [0.1, 0.15) is 11.3 Å². The lowest BCUT2D eigenvalue weighted by molar-refractivity contribution is 0.0963. The summed E-state index contributed by atoms with van der Waals surface area (Å²) in [6, 6.07) is 18.9. The van der Waals surface area contributed by atoms with E-state index in [1.165, 1.54) is 0 Å². The van der Waals surface area contributed by atoms with Crippen LogP contribution in [0.1, 0.15) is 21.7 Å². The lowest BCUT2D eigenvalue weighted by Gasteiger charge is -2.03. The molecule has 3 aromatic rings. The zero-order chi connectivity index (χ0) is 16.9. The quantitative estimate of drug-likeness (QED) is 0.774. The first-order valence-corrected chi connectivity index (χ1v) is 7.50. The second-order valence-corrected chi connectivity index (χ2v) is 5.18. The molecule has 0 unspecified atom stereocenters. The predicted molar refractivity (Wildman–Crippen MR) is 93.8 cm³/mol. The average molecular weight is 319 g/mol. The highest BCUT2D eigenvalue weighted by Gasteiger charge is 2.22. The molecule has 0 aliphatic heterocycles. The fraction of sp³-hybridized carbons (Fsp3) is 0.0526. The smallest absolute Gasteiger partial charge is 0.257 e. The summed E-state index contributed by atoms with van der Waals surface area (Å²) >= 11 is 0. The van der Waals surface area contributed by atoms with Crippen LogP contribution in [0.2, 0.25) is 0 Å². The standard InChI is InChI=1S/C19H17N3O2/c1-21-19(23)17-16(12-15(20)13-8-4-2-5-9-13)24-22-18(17)14-10-6-3-7-11-14/h2-12H,20H2,1H3,(H,21,23)/b15-12+. The van der Waals surface area contributed by atoms with Crippen LogP contribution in [-0.4, -0.2) is 18.1 Å². The van der Waals surface area contributed by atoms with Gasteiger partial charge in [0.05, 0.1) is 0 Å². The maximum Gasteiger partial charge on any atom is 0.257 e. The summed E-state index contributed by atoms with van der Waals surface area (Å²) in [5, 5.41) is 6.69. The highest BCUT2D eigenvalue weighted by Crippen LogP contribution is 2.27. The van der Waals surface area contributed by atoms with Gasteiger partial charge in [-0.1, -0.05) is 65.8 Å². The summed E-state index contributed by atoms with van der Waals surface area (Å²) < 4.78 is 5.40. The Morgan fingerprint density at radius 1 is 1.08 bits per heavy atom. The fourth-order valence-electron chi connectivity index (χ4n) is 2.39. The molecule has 3 N–H and O–H groups in total. The maximum atomic E-state index is 12.3. The molecular weight excluding hydrogens is 302 g/mol. The topological polar surface area (TPSA) is 81.2 Å². The van der Waals surface area contributed by atoms with Crippen molar-refractivity contribution in [3.8, 4) is 11.3 Å². The molecule has 0 bridgehead atoms. The second-order valence-electron chi connectivity index (χ2n) is 5.18. The Hall–Kier alpha value is -3.34. The van der Waals surface area contributed by atoms with Gasteiger partial charge in [0.2, 0.25) is 0 Å². The molecule has 5 nitrogen and oxygen atoms in total. The fourth-order valence-corrected chi connectivity index (χ4v) is 2.39. The van der Waals surface area contributed by atoms with Crippen molar-refractivity contribution >= 4 is 17.7 Å². The van der Waals surface area contributed by atoms with Crippen molar-refractivity contribution in [2.24, 2.45) is 5.73 Å². The molecule has 1 aromatic heterocycles.